The minimum Gasteiger partial charge on any atom is -0.383 e. The van der Waals surface area contributed by atoms with Crippen molar-refractivity contribution in [3.63, 3.8) is 0 Å². The molecule has 0 bridgehead atoms. The second-order valence-corrected chi connectivity index (χ2v) is 8.98. The molecule has 1 N–H and O–H groups in total. The van der Waals surface area contributed by atoms with Gasteiger partial charge in [0.25, 0.3) is 0 Å². The van der Waals surface area contributed by atoms with Gasteiger partial charge in [-0.05, 0) is 36.0 Å². The zero-order valence-corrected chi connectivity index (χ0v) is 20.1. The van der Waals surface area contributed by atoms with Crippen molar-refractivity contribution in [3.05, 3.63) is 66.5 Å². The Morgan fingerprint density at radius 3 is 2.61 bits per heavy atom. The van der Waals surface area contributed by atoms with Gasteiger partial charge in [0.2, 0.25) is 0 Å². The summed E-state index contributed by atoms with van der Waals surface area (Å²) < 4.78 is 0. The lowest BCUT2D eigenvalue weighted by Crippen LogP contribution is -2.27. The molecular weight excluding hydrogens is 408 g/mol. The first kappa shape index (κ1) is 22.9. The number of hydrogen-bond acceptors (Lipinski definition) is 6. The van der Waals surface area contributed by atoms with Crippen LogP contribution < -0.4 is 10.2 Å². The van der Waals surface area contributed by atoms with Crippen molar-refractivity contribution < 1.29 is 0 Å². The number of benzene rings is 1. The Morgan fingerprint density at radius 2 is 1.97 bits per heavy atom. The molecule has 2 fully saturated rings. The zero-order valence-electron chi connectivity index (χ0n) is 20.1. The van der Waals surface area contributed by atoms with Crippen LogP contribution in [0.2, 0.25) is 0 Å². The Labute approximate surface area is 197 Å². The van der Waals surface area contributed by atoms with Crippen LogP contribution in [0.15, 0.2) is 60.4 Å². The normalized spacial score (nSPS) is 21.0. The van der Waals surface area contributed by atoms with Crippen LogP contribution in [0, 0.1) is 11.8 Å². The number of aromatic nitrogens is 2. The number of nitrogens with one attached hydrogen (secondary N) is 1. The highest BCUT2D eigenvalue weighted by Crippen LogP contribution is 2.34. The summed E-state index contributed by atoms with van der Waals surface area (Å²) in [5.74, 6) is 3.10. The minimum atomic E-state index is 0.680. The molecule has 0 saturated carbocycles. The molecule has 0 amide bonds. The quantitative estimate of drug-likeness (QED) is 0.519. The van der Waals surface area contributed by atoms with Crippen LogP contribution in [0.1, 0.15) is 18.1 Å². The van der Waals surface area contributed by atoms with E-state index in [-0.39, 0.29) is 0 Å². The van der Waals surface area contributed by atoms with Gasteiger partial charge in [-0.25, -0.2) is 9.97 Å². The van der Waals surface area contributed by atoms with Crippen molar-refractivity contribution in [2.24, 2.45) is 16.8 Å². The number of nitrogens with zero attached hydrogens (tertiary/aromatic N) is 5. The van der Waals surface area contributed by atoms with Crippen molar-refractivity contribution >= 4 is 23.2 Å². The summed E-state index contributed by atoms with van der Waals surface area (Å²) in [5, 5.41) is 3.53. The summed E-state index contributed by atoms with van der Waals surface area (Å²) in [7, 11) is 5.83. The first-order chi connectivity index (χ1) is 16.0. The summed E-state index contributed by atoms with van der Waals surface area (Å²) in [6.45, 7) is 10.2. The van der Waals surface area contributed by atoms with E-state index in [1.807, 2.05) is 44.4 Å². The third-order valence-electron chi connectivity index (χ3n) is 6.42. The Morgan fingerprint density at radius 1 is 1.21 bits per heavy atom. The highest BCUT2D eigenvalue weighted by Gasteiger charge is 2.37. The highest BCUT2D eigenvalue weighted by atomic mass is 15.2. The van der Waals surface area contributed by atoms with E-state index < -0.39 is 0 Å². The van der Waals surface area contributed by atoms with Crippen LogP contribution in [-0.2, 0) is 0 Å². The van der Waals surface area contributed by atoms with E-state index in [1.54, 1.807) is 7.05 Å². The molecule has 0 radical (unpaired) electrons. The number of fused-ring (bicyclic) bond motifs is 1. The van der Waals surface area contributed by atoms with Gasteiger partial charge in [-0.2, -0.15) is 0 Å². The smallest absolute Gasteiger partial charge is 0.161 e. The SMILES string of the molecule is C=C/C(=C\N(C)C)c1cccc(-c2ncc(/C(C=NC)=C/C)c(N3CC4CNCC4C3)n2)c1. The lowest BCUT2D eigenvalue weighted by atomic mass is 10.0. The average molecular weight is 443 g/mol. The maximum Gasteiger partial charge on any atom is 0.161 e. The molecule has 2 aliphatic heterocycles. The fraction of sp³-hybridized carbons (Fsp3) is 0.370. The van der Waals surface area contributed by atoms with Crippen molar-refractivity contribution in [3.8, 4) is 11.4 Å². The number of hydrogen-bond donors (Lipinski definition) is 1. The molecular formula is C27H34N6. The summed E-state index contributed by atoms with van der Waals surface area (Å²) in [6, 6.07) is 8.37. The van der Waals surface area contributed by atoms with Crippen LogP contribution in [0.25, 0.3) is 22.5 Å². The summed E-state index contributed by atoms with van der Waals surface area (Å²) in [5.41, 5.74) is 5.24. The zero-order chi connectivity index (χ0) is 23.4. The molecule has 2 aromatic rings. The number of allylic oxidation sites excluding steroid dienone is 4. The topological polar surface area (TPSA) is 56.7 Å². The van der Waals surface area contributed by atoms with E-state index in [0.29, 0.717) is 11.8 Å². The molecule has 6 heteroatoms. The van der Waals surface area contributed by atoms with Gasteiger partial charge in [-0.15, -0.1) is 0 Å². The van der Waals surface area contributed by atoms with Gasteiger partial charge in [0.15, 0.2) is 5.82 Å². The minimum absolute atomic E-state index is 0.680. The van der Waals surface area contributed by atoms with E-state index in [1.165, 1.54) is 0 Å². The first-order valence-corrected chi connectivity index (χ1v) is 11.6. The van der Waals surface area contributed by atoms with Gasteiger partial charge < -0.3 is 15.1 Å². The molecule has 1 aromatic carbocycles. The molecule has 33 heavy (non-hydrogen) atoms. The maximum atomic E-state index is 5.13. The van der Waals surface area contributed by atoms with Gasteiger partial charge in [0.05, 0.1) is 0 Å². The second-order valence-electron chi connectivity index (χ2n) is 8.98. The molecule has 6 nitrogen and oxygen atoms in total. The monoisotopic (exact) mass is 442 g/mol. The van der Waals surface area contributed by atoms with E-state index in [0.717, 1.165) is 65.7 Å². The van der Waals surface area contributed by atoms with Crippen LogP contribution in [0.3, 0.4) is 0 Å². The number of rotatable bonds is 7. The van der Waals surface area contributed by atoms with E-state index in [9.17, 15) is 0 Å². The van der Waals surface area contributed by atoms with Gasteiger partial charge in [-0.1, -0.05) is 36.9 Å². The lowest BCUT2D eigenvalue weighted by molar-refractivity contribution is 0.533. The first-order valence-electron chi connectivity index (χ1n) is 11.6. The lowest BCUT2D eigenvalue weighted by Gasteiger charge is -2.22. The molecule has 0 aliphatic carbocycles. The second kappa shape index (κ2) is 10.1. The molecule has 3 heterocycles. The van der Waals surface area contributed by atoms with Crippen molar-refractivity contribution in [1.29, 1.82) is 0 Å². The summed E-state index contributed by atoms with van der Waals surface area (Å²) >= 11 is 0. The van der Waals surface area contributed by atoms with Crippen LogP contribution in [0.4, 0.5) is 5.82 Å². The Balaban J connectivity index is 1.76. The Kier molecular flexibility index (Phi) is 7.04. The molecule has 2 unspecified atom stereocenters. The number of aliphatic imine (C=N–C) groups is 1. The number of anilines is 1. The molecule has 1 aromatic heterocycles. The maximum absolute atomic E-state index is 5.13. The molecule has 2 atom stereocenters. The molecule has 2 aliphatic rings. The van der Waals surface area contributed by atoms with Gasteiger partial charge in [0, 0.05) is 82.6 Å². The van der Waals surface area contributed by atoms with E-state index in [2.05, 4.69) is 58.3 Å². The van der Waals surface area contributed by atoms with Crippen LogP contribution in [-0.4, -0.2) is 68.4 Å². The fourth-order valence-corrected chi connectivity index (χ4v) is 4.78. The van der Waals surface area contributed by atoms with Gasteiger partial charge >= 0.3 is 0 Å². The van der Waals surface area contributed by atoms with Gasteiger partial charge in [-0.3, -0.25) is 4.99 Å². The molecule has 2 saturated heterocycles. The average Bonchev–Trinajstić information content (AvgIpc) is 3.43. The van der Waals surface area contributed by atoms with Crippen LogP contribution >= 0.6 is 0 Å². The standard InChI is InChI=1S/C27H34N6/c1-6-19(12-28-3)25-15-30-26(31-27(25)33-17-23-13-29-14-24(23)18-33)22-10-8-9-21(11-22)20(7-2)16-32(4)5/h6-12,15-16,23-24,29H,2,13-14,17-18H2,1,3-5H3/b19-6+,20-16+,28-12?. The highest BCUT2D eigenvalue weighted by molar-refractivity contribution is 6.11. The van der Waals surface area contributed by atoms with Crippen molar-refractivity contribution in [1.82, 2.24) is 20.2 Å². The molecule has 0 spiro atoms. The summed E-state index contributed by atoms with van der Waals surface area (Å²) in [4.78, 5) is 18.6. The molecule has 172 valence electrons. The van der Waals surface area contributed by atoms with Crippen LogP contribution in [0.5, 0.6) is 0 Å². The van der Waals surface area contributed by atoms with Crippen molar-refractivity contribution in [2.45, 2.75) is 6.92 Å². The van der Waals surface area contributed by atoms with Crippen molar-refractivity contribution in [2.75, 3.05) is 52.2 Å². The fourth-order valence-electron chi connectivity index (χ4n) is 4.78. The van der Waals surface area contributed by atoms with E-state index >= 15 is 0 Å². The molecule has 4 rings (SSSR count). The third kappa shape index (κ3) is 4.91. The largest absolute Gasteiger partial charge is 0.383 e. The van der Waals surface area contributed by atoms with Gasteiger partial charge in [0.1, 0.15) is 5.82 Å². The Hall–Kier alpha value is -3.25. The predicted octanol–water partition coefficient (Wildman–Crippen LogP) is 3.99. The predicted molar refractivity (Wildman–Crippen MR) is 139 cm³/mol. The summed E-state index contributed by atoms with van der Waals surface area (Å²) in [6.07, 6.45) is 9.88. The third-order valence-corrected chi connectivity index (χ3v) is 6.42. The van der Waals surface area contributed by atoms with E-state index in [4.69, 9.17) is 9.97 Å². The Bertz CT molecular complexity index is 1090.